The van der Waals surface area contributed by atoms with Crippen LogP contribution in [0.1, 0.15) is 53.0 Å². The van der Waals surface area contributed by atoms with Crippen molar-refractivity contribution >= 4 is 5.97 Å². The highest BCUT2D eigenvalue weighted by Crippen LogP contribution is 2.40. The molecule has 1 aromatic carbocycles. The van der Waals surface area contributed by atoms with Crippen LogP contribution in [0.2, 0.25) is 0 Å². The zero-order valence-electron chi connectivity index (χ0n) is 15.9. The van der Waals surface area contributed by atoms with Crippen LogP contribution in [0, 0.1) is 5.92 Å². The van der Waals surface area contributed by atoms with E-state index in [1.807, 2.05) is 32.9 Å². The Balaban J connectivity index is 2.16. The maximum Gasteiger partial charge on any atom is 0.327 e. The average Bonchev–Trinajstić information content (AvgIpc) is 2.47. The summed E-state index contributed by atoms with van der Waals surface area (Å²) >= 11 is 0. The van der Waals surface area contributed by atoms with Crippen molar-refractivity contribution in [1.29, 1.82) is 0 Å². The molecule has 134 valence electrons. The third-order valence-electron chi connectivity index (χ3n) is 4.46. The van der Waals surface area contributed by atoms with Gasteiger partial charge in [-0.15, -0.1) is 0 Å². The Kier molecular flexibility index (Phi) is 5.59. The maximum atomic E-state index is 12.9. The van der Waals surface area contributed by atoms with Crippen molar-refractivity contribution in [2.75, 3.05) is 13.7 Å². The summed E-state index contributed by atoms with van der Waals surface area (Å²) in [5.41, 5.74) is 0.247. The number of esters is 1. The van der Waals surface area contributed by atoms with E-state index in [1.165, 1.54) is 5.56 Å². The highest BCUT2D eigenvalue weighted by atomic mass is 16.6. The summed E-state index contributed by atoms with van der Waals surface area (Å²) in [6, 6.07) is 8.05. The molecule has 4 heteroatoms. The molecule has 1 aliphatic rings. The number of nitrogens with zero attached hydrogens (tertiary/aromatic N) is 1. The Morgan fingerprint density at radius 2 is 1.88 bits per heavy atom. The van der Waals surface area contributed by atoms with Gasteiger partial charge in [0, 0.05) is 13.1 Å². The molecule has 2 rings (SSSR count). The summed E-state index contributed by atoms with van der Waals surface area (Å²) in [6.45, 7) is 11.8. The van der Waals surface area contributed by atoms with Gasteiger partial charge in [0.05, 0.1) is 7.11 Å². The Bertz CT molecular complexity index is 559. The highest BCUT2D eigenvalue weighted by molar-refractivity contribution is 5.82. The molecule has 0 amide bonds. The summed E-state index contributed by atoms with van der Waals surface area (Å²) in [6.07, 6.45) is 1.70. The minimum absolute atomic E-state index is 0.0801. The van der Waals surface area contributed by atoms with Crippen LogP contribution in [-0.2, 0) is 16.1 Å². The first kappa shape index (κ1) is 18.8. The first-order chi connectivity index (χ1) is 11.2. The number of hydrogen-bond donors (Lipinski definition) is 0. The van der Waals surface area contributed by atoms with Gasteiger partial charge in [-0.05, 0) is 57.2 Å². The van der Waals surface area contributed by atoms with Crippen LogP contribution in [0.25, 0.3) is 0 Å². The van der Waals surface area contributed by atoms with Crippen LogP contribution in [0.5, 0.6) is 5.75 Å². The fourth-order valence-corrected chi connectivity index (χ4v) is 3.32. The van der Waals surface area contributed by atoms with Gasteiger partial charge in [0.25, 0.3) is 0 Å². The van der Waals surface area contributed by atoms with E-state index in [0.29, 0.717) is 5.92 Å². The standard InChI is InChI=1S/C20H31NO3/c1-15(2)13-20(18(22)24-19(3,4)5)11-12-21(20)14-16-7-9-17(23-6)10-8-16/h7-10,15H,11-14H2,1-6H3. The van der Waals surface area contributed by atoms with Crippen molar-refractivity contribution in [3.05, 3.63) is 29.8 Å². The third kappa shape index (κ3) is 4.29. The lowest BCUT2D eigenvalue weighted by molar-refractivity contribution is -0.183. The van der Waals surface area contributed by atoms with E-state index < -0.39 is 11.1 Å². The van der Waals surface area contributed by atoms with Gasteiger partial charge in [-0.3, -0.25) is 9.69 Å². The zero-order valence-corrected chi connectivity index (χ0v) is 15.9. The number of hydrogen-bond acceptors (Lipinski definition) is 4. The Labute approximate surface area is 146 Å². The number of likely N-dealkylation sites (tertiary alicyclic amines) is 1. The maximum absolute atomic E-state index is 12.9. The second-order valence-electron chi connectivity index (χ2n) is 8.15. The molecule has 24 heavy (non-hydrogen) atoms. The third-order valence-corrected chi connectivity index (χ3v) is 4.46. The molecule has 0 radical (unpaired) electrons. The molecule has 1 heterocycles. The summed E-state index contributed by atoms with van der Waals surface area (Å²) in [7, 11) is 1.67. The molecule has 0 N–H and O–H groups in total. The van der Waals surface area contributed by atoms with E-state index in [2.05, 4.69) is 30.9 Å². The number of carbonyl (C=O) groups is 1. The zero-order chi connectivity index (χ0) is 18.0. The highest BCUT2D eigenvalue weighted by Gasteiger charge is 2.52. The van der Waals surface area contributed by atoms with Gasteiger partial charge < -0.3 is 9.47 Å². The van der Waals surface area contributed by atoms with Crippen molar-refractivity contribution in [2.45, 2.75) is 65.1 Å². The molecule has 1 saturated heterocycles. The van der Waals surface area contributed by atoms with E-state index in [0.717, 1.165) is 31.7 Å². The van der Waals surface area contributed by atoms with E-state index in [1.54, 1.807) is 7.11 Å². The minimum Gasteiger partial charge on any atom is -0.497 e. The number of benzene rings is 1. The average molecular weight is 333 g/mol. The molecule has 0 spiro atoms. The molecule has 0 aliphatic carbocycles. The van der Waals surface area contributed by atoms with Gasteiger partial charge in [0.1, 0.15) is 16.9 Å². The second kappa shape index (κ2) is 7.14. The lowest BCUT2D eigenvalue weighted by Gasteiger charge is -2.52. The predicted octanol–water partition coefficient (Wildman–Crippen LogP) is 4.03. The molecular formula is C20H31NO3. The van der Waals surface area contributed by atoms with Crippen LogP contribution in [0.15, 0.2) is 24.3 Å². The van der Waals surface area contributed by atoms with Crippen LogP contribution >= 0.6 is 0 Å². The molecule has 0 bridgehead atoms. The quantitative estimate of drug-likeness (QED) is 0.737. The normalized spacial score (nSPS) is 21.5. The van der Waals surface area contributed by atoms with Crippen LogP contribution in [-0.4, -0.2) is 35.7 Å². The van der Waals surface area contributed by atoms with Crippen molar-refractivity contribution in [3.8, 4) is 5.75 Å². The van der Waals surface area contributed by atoms with Crippen molar-refractivity contribution in [3.63, 3.8) is 0 Å². The molecule has 1 unspecified atom stereocenters. The largest absolute Gasteiger partial charge is 0.497 e. The SMILES string of the molecule is COc1ccc(CN2CCC2(CC(C)C)C(=O)OC(C)(C)C)cc1. The Hall–Kier alpha value is -1.55. The fraction of sp³-hybridized carbons (Fsp3) is 0.650. The number of rotatable bonds is 6. The lowest BCUT2D eigenvalue weighted by Crippen LogP contribution is -2.65. The Morgan fingerprint density at radius 3 is 2.29 bits per heavy atom. The molecule has 1 aliphatic heterocycles. The van der Waals surface area contributed by atoms with Gasteiger partial charge in [0.2, 0.25) is 0 Å². The van der Waals surface area contributed by atoms with Crippen LogP contribution < -0.4 is 4.74 Å². The topological polar surface area (TPSA) is 38.8 Å². The van der Waals surface area contributed by atoms with Crippen LogP contribution in [0.3, 0.4) is 0 Å². The predicted molar refractivity (Wildman–Crippen MR) is 96.1 cm³/mol. The summed E-state index contributed by atoms with van der Waals surface area (Å²) in [5, 5.41) is 0. The van der Waals surface area contributed by atoms with Crippen molar-refractivity contribution in [1.82, 2.24) is 4.90 Å². The first-order valence-electron chi connectivity index (χ1n) is 8.78. The smallest absolute Gasteiger partial charge is 0.327 e. The van der Waals surface area contributed by atoms with Gasteiger partial charge in [-0.1, -0.05) is 26.0 Å². The molecule has 4 nitrogen and oxygen atoms in total. The molecular weight excluding hydrogens is 302 g/mol. The first-order valence-corrected chi connectivity index (χ1v) is 8.78. The molecule has 1 aromatic rings. The lowest BCUT2D eigenvalue weighted by atomic mass is 9.77. The number of ether oxygens (including phenoxy) is 2. The monoisotopic (exact) mass is 333 g/mol. The summed E-state index contributed by atoms with van der Waals surface area (Å²) in [4.78, 5) is 15.2. The minimum atomic E-state index is -0.485. The van der Waals surface area contributed by atoms with E-state index in [9.17, 15) is 4.79 Å². The van der Waals surface area contributed by atoms with Gasteiger partial charge in [-0.25, -0.2) is 0 Å². The molecule has 0 saturated carbocycles. The fourth-order valence-electron chi connectivity index (χ4n) is 3.32. The molecule has 0 aromatic heterocycles. The van der Waals surface area contributed by atoms with Gasteiger partial charge in [0.15, 0.2) is 0 Å². The molecule has 1 fully saturated rings. The number of methoxy groups -OCH3 is 1. The number of carbonyl (C=O) groups excluding carboxylic acids is 1. The second-order valence-corrected chi connectivity index (χ2v) is 8.15. The van der Waals surface area contributed by atoms with Crippen LogP contribution in [0.4, 0.5) is 0 Å². The van der Waals surface area contributed by atoms with Gasteiger partial charge >= 0.3 is 5.97 Å². The van der Waals surface area contributed by atoms with Crippen molar-refractivity contribution in [2.24, 2.45) is 5.92 Å². The molecule has 1 atom stereocenters. The van der Waals surface area contributed by atoms with E-state index in [-0.39, 0.29) is 5.97 Å². The van der Waals surface area contributed by atoms with Gasteiger partial charge in [-0.2, -0.15) is 0 Å². The summed E-state index contributed by atoms with van der Waals surface area (Å²) < 4.78 is 11.0. The van der Waals surface area contributed by atoms with E-state index in [4.69, 9.17) is 9.47 Å². The Morgan fingerprint density at radius 1 is 1.25 bits per heavy atom. The van der Waals surface area contributed by atoms with Crippen molar-refractivity contribution < 1.29 is 14.3 Å². The van der Waals surface area contributed by atoms with E-state index >= 15 is 0 Å². The summed E-state index contributed by atoms with van der Waals surface area (Å²) in [5.74, 6) is 1.21.